The molecule has 0 radical (unpaired) electrons. The Morgan fingerprint density at radius 3 is 2.55 bits per heavy atom. The highest BCUT2D eigenvalue weighted by Crippen LogP contribution is 2.21. The van der Waals surface area contributed by atoms with Crippen molar-refractivity contribution in [2.45, 2.75) is 18.5 Å². The number of nitrogens with two attached hydrogens (primary N) is 1. The van der Waals surface area contributed by atoms with Crippen LogP contribution in [0.1, 0.15) is 23.0 Å². The Balaban J connectivity index is 1.88. The van der Waals surface area contributed by atoms with Gasteiger partial charge in [0.2, 0.25) is 5.91 Å². The fraction of sp³-hybridized carbons (Fsp3) is 0.500. The number of carboxylic acid groups (broad SMARTS) is 2. The van der Waals surface area contributed by atoms with Gasteiger partial charge >= 0.3 is 11.9 Å². The van der Waals surface area contributed by atoms with Gasteiger partial charge in [0.1, 0.15) is 0 Å². The van der Waals surface area contributed by atoms with Crippen molar-refractivity contribution < 1.29 is 24.6 Å². The van der Waals surface area contributed by atoms with Crippen LogP contribution in [0.4, 0.5) is 0 Å². The van der Waals surface area contributed by atoms with Gasteiger partial charge in [0, 0.05) is 13.1 Å². The third kappa shape index (κ3) is 2.74. The molecule has 0 aromatic carbocycles. The Hall–Kier alpha value is -2.49. The van der Waals surface area contributed by atoms with Crippen molar-refractivity contribution in [2.24, 2.45) is 5.73 Å². The van der Waals surface area contributed by atoms with Gasteiger partial charge in [-0.1, -0.05) is 5.21 Å². The maximum Gasteiger partial charge on any atom is 0.358 e. The Kier molecular flexibility index (Phi) is 3.66. The number of aliphatic carboxylic acids is 1. The van der Waals surface area contributed by atoms with Crippen LogP contribution in [-0.2, 0) is 9.59 Å². The largest absolute Gasteiger partial charge is 0.481 e. The Labute approximate surface area is 112 Å². The van der Waals surface area contributed by atoms with Crippen molar-refractivity contribution in [3.63, 3.8) is 0 Å². The molecule has 0 spiro atoms. The molecule has 1 aliphatic rings. The van der Waals surface area contributed by atoms with E-state index in [0.717, 1.165) is 0 Å². The third-order valence-corrected chi connectivity index (χ3v) is 2.99. The number of carbonyl (C=O) groups is 3. The summed E-state index contributed by atoms with van der Waals surface area (Å²) < 4.78 is 1.37. The minimum Gasteiger partial charge on any atom is -0.481 e. The fourth-order valence-corrected chi connectivity index (χ4v) is 1.87. The lowest BCUT2D eigenvalue weighted by Gasteiger charge is -2.39. The van der Waals surface area contributed by atoms with Crippen LogP contribution in [0.5, 0.6) is 0 Å². The van der Waals surface area contributed by atoms with Crippen molar-refractivity contribution >= 4 is 17.8 Å². The SMILES string of the molecule is NC(CC(=O)O)C(=O)N1CC(n2cc(C(=O)O)nn2)C1. The van der Waals surface area contributed by atoms with E-state index >= 15 is 0 Å². The van der Waals surface area contributed by atoms with E-state index in [0.29, 0.717) is 13.1 Å². The molecule has 1 aromatic rings. The molecule has 2 heterocycles. The van der Waals surface area contributed by atoms with Crippen LogP contribution in [0.2, 0.25) is 0 Å². The number of nitrogens with zero attached hydrogens (tertiary/aromatic N) is 4. The average molecular weight is 283 g/mol. The highest BCUT2D eigenvalue weighted by Gasteiger charge is 2.35. The summed E-state index contributed by atoms with van der Waals surface area (Å²) in [5.41, 5.74) is 5.30. The topological polar surface area (TPSA) is 152 Å². The Morgan fingerprint density at radius 2 is 2.05 bits per heavy atom. The van der Waals surface area contributed by atoms with Crippen LogP contribution in [0, 0.1) is 0 Å². The van der Waals surface area contributed by atoms with Gasteiger partial charge in [-0.15, -0.1) is 5.10 Å². The number of carboxylic acids is 2. The molecule has 20 heavy (non-hydrogen) atoms. The van der Waals surface area contributed by atoms with E-state index in [9.17, 15) is 14.4 Å². The minimum atomic E-state index is -1.17. The first-order valence-corrected chi connectivity index (χ1v) is 5.79. The van der Waals surface area contributed by atoms with Crippen molar-refractivity contribution in [3.8, 4) is 0 Å². The first-order valence-electron chi connectivity index (χ1n) is 5.79. The smallest absolute Gasteiger partial charge is 0.358 e. The van der Waals surface area contributed by atoms with Gasteiger partial charge in [-0.2, -0.15) is 0 Å². The van der Waals surface area contributed by atoms with Gasteiger partial charge < -0.3 is 20.8 Å². The molecule has 1 aliphatic heterocycles. The van der Waals surface area contributed by atoms with Gasteiger partial charge in [-0.3, -0.25) is 9.59 Å². The molecule has 0 saturated carbocycles. The number of hydrogen-bond donors (Lipinski definition) is 3. The van der Waals surface area contributed by atoms with Crippen molar-refractivity contribution in [1.82, 2.24) is 19.9 Å². The quantitative estimate of drug-likeness (QED) is 0.570. The lowest BCUT2D eigenvalue weighted by atomic mass is 10.1. The summed E-state index contributed by atoms with van der Waals surface area (Å²) >= 11 is 0. The van der Waals surface area contributed by atoms with Gasteiger partial charge in [0.05, 0.1) is 24.7 Å². The summed E-state index contributed by atoms with van der Waals surface area (Å²) in [5, 5.41) is 24.4. The zero-order valence-electron chi connectivity index (χ0n) is 10.3. The van der Waals surface area contributed by atoms with E-state index in [-0.39, 0.29) is 11.7 Å². The van der Waals surface area contributed by atoms with E-state index < -0.39 is 30.3 Å². The van der Waals surface area contributed by atoms with E-state index in [2.05, 4.69) is 10.3 Å². The van der Waals surface area contributed by atoms with Crippen molar-refractivity contribution in [1.29, 1.82) is 0 Å². The maximum absolute atomic E-state index is 11.7. The maximum atomic E-state index is 11.7. The molecular weight excluding hydrogens is 270 g/mol. The standard InChI is InChI=1S/C10H13N5O5/c11-6(1-8(16)17)9(18)14-2-5(3-14)15-4-7(10(19)20)12-13-15/h4-6H,1-3,11H2,(H,16,17)(H,19,20). The molecule has 2 rings (SSSR count). The summed E-state index contributed by atoms with van der Waals surface area (Å²) in [6.45, 7) is 0.600. The minimum absolute atomic E-state index is 0.169. The van der Waals surface area contributed by atoms with Crippen molar-refractivity contribution in [2.75, 3.05) is 13.1 Å². The summed E-state index contributed by atoms with van der Waals surface area (Å²) in [7, 11) is 0. The highest BCUT2D eigenvalue weighted by atomic mass is 16.4. The number of amides is 1. The third-order valence-electron chi connectivity index (χ3n) is 2.99. The zero-order valence-corrected chi connectivity index (χ0v) is 10.3. The lowest BCUT2D eigenvalue weighted by Crippen LogP contribution is -2.56. The van der Waals surface area contributed by atoms with Crippen LogP contribution >= 0.6 is 0 Å². The molecule has 108 valence electrons. The molecule has 1 saturated heterocycles. The lowest BCUT2D eigenvalue weighted by molar-refractivity contribution is -0.144. The van der Waals surface area contributed by atoms with Crippen LogP contribution in [0.25, 0.3) is 0 Å². The highest BCUT2D eigenvalue weighted by molar-refractivity contribution is 5.86. The molecule has 1 atom stereocenters. The van der Waals surface area contributed by atoms with Crippen LogP contribution in [0.3, 0.4) is 0 Å². The predicted octanol–water partition coefficient (Wildman–Crippen LogP) is -1.84. The van der Waals surface area contributed by atoms with Crippen molar-refractivity contribution in [3.05, 3.63) is 11.9 Å². The fourth-order valence-electron chi connectivity index (χ4n) is 1.87. The predicted molar refractivity (Wildman–Crippen MR) is 62.8 cm³/mol. The molecule has 1 amide bonds. The molecule has 0 bridgehead atoms. The van der Waals surface area contributed by atoms with Gasteiger partial charge in [-0.25, -0.2) is 9.48 Å². The monoisotopic (exact) mass is 283 g/mol. The molecular formula is C10H13N5O5. The second kappa shape index (κ2) is 5.25. The van der Waals surface area contributed by atoms with E-state index in [1.54, 1.807) is 0 Å². The van der Waals surface area contributed by atoms with Gasteiger partial charge in [-0.05, 0) is 0 Å². The molecule has 4 N–H and O–H groups in total. The summed E-state index contributed by atoms with van der Waals surface area (Å²) in [4.78, 5) is 34.3. The molecule has 1 unspecified atom stereocenters. The number of aromatic nitrogens is 3. The molecule has 10 nitrogen and oxygen atoms in total. The normalized spacial score (nSPS) is 16.6. The van der Waals surface area contributed by atoms with E-state index in [1.165, 1.54) is 15.8 Å². The number of likely N-dealkylation sites (tertiary alicyclic amines) is 1. The Morgan fingerprint density at radius 1 is 1.40 bits per heavy atom. The number of carbonyl (C=O) groups excluding carboxylic acids is 1. The molecule has 1 aromatic heterocycles. The number of hydrogen-bond acceptors (Lipinski definition) is 6. The average Bonchev–Trinajstić information content (AvgIpc) is 2.75. The first kappa shape index (κ1) is 13.9. The second-order valence-corrected chi connectivity index (χ2v) is 4.49. The summed E-state index contributed by atoms with van der Waals surface area (Å²) in [6, 6.07) is -1.24. The summed E-state index contributed by atoms with van der Waals surface area (Å²) in [6.07, 6.45) is 0.860. The van der Waals surface area contributed by atoms with E-state index in [1.807, 2.05) is 0 Å². The molecule has 0 aliphatic carbocycles. The summed E-state index contributed by atoms with van der Waals surface area (Å²) in [5.74, 6) is -2.75. The van der Waals surface area contributed by atoms with Gasteiger partial charge in [0.25, 0.3) is 0 Å². The van der Waals surface area contributed by atoms with Crippen LogP contribution in [-0.4, -0.2) is 67.1 Å². The molecule has 1 fully saturated rings. The first-order chi connectivity index (χ1) is 9.38. The van der Waals surface area contributed by atoms with Gasteiger partial charge in [0.15, 0.2) is 5.69 Å². The number of aromatic carboxylic acids is 1. The van der Waals surface area contributed by atoms with Crippen LogP contribution < -0.4 is 5.73 Å². The Bertz CT molecular complexity index is 550. The number of rotatable bonds is 5. The van der Waals surface area contributed by atoms with E-state index in [4.69, 9.17) is 15.9 Å². The zero-order chi connectivity index (χ0) is 14.9. The van der Waals surface area contributed by atoms with Crippen LogP contribution in [0.15, 0.2) is 6.20 Å². The molecule has 10 heteroatoms. The second-order valence-electron chi connectivity index (χ2n) is 4.49.